The number of hydrogen-bond acceptors (Lipinski definition) is 2. The minimum atomic E-state index is 0.499. The maximum Gasteiger partial charge on any atom is 0.244 e. The lowest BCUT2D eigenvalue weighted by atomic mass is 9.78. The summed E-state index contributed by atoms with van der Waals surface area (Å²) in [5, 5.41) is 0. The number of unbranched alkanes of at least 4 members (excludes halogenated alkanes) is 16. The Morgan fingerprint density at radius 2 is 1.03 bits per heavy atom. The molecule has 0 amide bonds. The highest BCUT2D eigenvalue weighted by molar-refractivity contribution is 6.18. The molecule has 0 fully saturated rings. The Morgan fingerprint density at radius 1 is 0.556 bits per heavy atom. The monoisotopic (exact) mass is 493 g/mol. The molecule has 2 unspecified atom stereocenters. The molecule has 1 heterocycles. The van der Waals surface area contributed by atoms with E-state index in [0.717, 1.165) is 12.6 Å². The van der Waals surface area contributed by atoms with E-state index in [1.165, 1.54) is 134 Å². The summed E-state index contributed by atoms with van der Waals surface area (Å²) in [4.78, 5) is 9.34. The highest BCUT2D eigenvalue weighted by Gasteiger charge is 2.35. The molecular formula is C34H57N2+. The average Bonchev–Trinajstić information content (AvgIpc) is 3.44. The van der Waals surface area contributed by atoms with E-state index in [9.17, 15) is 0 Å². The number of rotatable bonds is 24. The normalized spacial score (nSPS) is 14.6. The van der Waals surface area contributed by atoms with Crippen LogP contribution >= 0.6 is 0 Å². The molecule has 0 aromatic heterocycles. The van der Waals surface area contributed by atoms with Gasteiger partial charge in [-0.2, -0.15) is 0 Å². The zero-order valence-corrected chi connectivity index (χ0v) is 23.9. The quantitative estimate of drug-likeness (QED) is 0.101. The van der Waals surface area contributed by atoms with Gasteiger partial charge in [-0.25, -0.2) is 0 Å². The zero-order chi connectivity index (χ0) is 25.5. The molecule has 1 aliphatic heterocycles. The van der Waals surface area contributed by atoms with E-state index in [2.05, 4.69) is 54.2 Å². The van der Waals surface area contributed by atoms with Crippen LogP contribution in [0.5, 0.6) is 0 Å². The van der Waals surface area contributed by atoms with Gasteiger partial charge in [0.25, 0.3) is 0 Å². The average molecular weight is 494 g/mol. The van der Waals surface area contributed by atoms with Crippen LogP contribution in [0.4, 0.5) is 0 Å². The van der Waals surface area contributed by atoms with Gasteiger partial charge >= 0.3 is 0 Å². The van der Waals surface area contributed by atoms with Crippen LogP contribution in [0.15, 0.2) is 40.3 Å². The lowest BCUT2D eigenvalue weighted by molar-refractivity contribution is 0.286. The Bertz CT molecular complexity index is 653. The van der Waals surface area contributed by atoms with E-state index in [0.29, 0.717) is 11.8 Å². The van der Waals surface area contributed by atoms with Gasteiger partial charge in [0.2, 0.25) is 6.17 Å². The van der Waals surface area contributed by atoms with Crippen LogP contribution < -0.4 is 0 Å². The second-order valence-corrected chi connectivity index (χ2v) is 11.2. The van der Waals surface area contributed by atoms with Crippen LogP contribution in [0.3, 0.4) is 0 Å². The summed E-state index contributed by atoms with van der Waals surface area (Å²) in [5.41, 5.74) is 1.46. The first-order valence-electron chi connectivity index (χ1n) is 15.8. The van der Waals surface area contributed by atoms with Crippen LogP contribution in [-0.2, 0) is 6.42 Å². The van der Waals surface area contributed by atoms with E-state index in [-0.39, 0.29) is 0 Å². The molecule has 1 aromatic carbocycles. The smallest absolute Gasteiger partial charge is 0.0965 e. The molecule has 2 atom stereocenters. The Labute approximate surface area is 224 Å². The minimum absolute atomic E-state index is 0.499. The second-order valence-electron chi connectivity index (χ2n) is 11.2. The summed E-state index contributed by atoms with van der Waals surface area (Å²) in [5.74, 6) is 1.14. The third-order valence-corrected chi connectivity index (χ3v) is 8.02. The first kappa shape index (κ1) is 30.7. The van der Waals surface area contributed by atoms with Crippen LogP contribution in [0.2, 0.25) is 0 Å². The van der Waals surface area contributed by atoms with Crippen molar-refractivity contribution in [2.75, 3.05) is 0 Å². The Morgan fingerprint density at radius 3 is 1.53 bits per heavy atom. The van der Waals surface area contributed by atoms with Crippen molar-refractivity contribution in [2.24, 2.45) is 21.8 Å². The van der Waals surface area contributed by atoms with Crippen molar-refractivity contribution in [2.45, 2.75) is 149 Å². The van der Waals surface area contributed by atoms with Crippen molar-refractivity contribution in [3.8, 4) is 0 Å². The van der Waals surface area contributed by atoms with Gasteiger partial charge < -0.3 is 0 Å². The Balaban J connectivity index is 1.58. The fraction of sp³-hybridized carbons (Fsp3) is 0.735. The van der Waals surface area contributed by atoms with Gasteiger partial charge in [0.15, 0.2) is 12.4 Å². The zero-order valence-electron chi connectivity index (χ0n) is 23.9. The summed E-state index contributed by atoms with van der Waals surface area (Å²) in [7, 11) is 0. The summed E-state index contributed by atoms with van der Waals surface area (Å²) in [6.07, 6.45) is 33.9. The highest BCUT2D eigenvalue weighted by atomic mass is 15.0. The van der Waals surface area contributed by atoms with Crippen LogP contribution in [0.1, 0.15) is 148 Å². The topological polar surface area (TPSA) is 24.7 Å². The third-order valence-electron chi connectivity index (χ3n) is 8.02. The lowest BCUT2D eigenvalue weighted by Crippen LogP contribution is -2.22. The van der Waals surface area contributed by atoms with Gasteiger partial charge in [-0.3, -0.25) is 0 Å². The molecule has 1 aromatic rings. The van der Waals surface area contributed by atoms with Crippen LogP contribution in [0.25, 0.3) is 0 Å². The maximum atomic E-state index is 4.67. The SMILES string of the molecule is CCCCCCCCCCCCCCCCCCC([C+]1N=CC=N1)C(CCCC)Cc1ccccc1. The first-order valence-corrected chi connectivity index (χ1v) is 15.8. The lowest BCUT2D eigenvalue weighted by Gasteiger charge is -2.26. The maximum absolute atomic E-state index is 4.67. The van der Waals surface area contributed by atoms with E-state index in [1.54, 1.807) is 0 Å². The fourth-order valence-electron chi connectivity index (χ4n) is 5.76. The molecular weight excluding hydrogens is 436 g/mol. The Hall–Kier alpha value is -1.57. The summed E-state index contributed by atoms with van der Waals surface area (Å²) in [6.45, 7) is 4.61. The molecule has 0 saturated carbocycles. The van der Waals surface area contributed by atoms with Crippen LogP contribution in [-0.4, -0.2) is 12.4 Å². The third kappa shape index (κ3) is 14.2. The van der Waals surface area contributed by atoms with Gasteiger partial charge in [-0.15, -0.1) is 0 Å². The molecule has 2 heteroatoms. The van der Waals surface area contributed by atoms with Crippen molar-refractivity contribution in [1.29, 1.82) is 0 Å². The molecule has 0 N–H and O–H groups in total. The standard InChI is InChI=1S/C34H57N2/c1-3-5-7-8-9-10-11-12-13-14-15-16-17-18-19-23-27-33(34-35-28-29-36-34)32(26-6-4-2)30-31-24-21-20-22-25-31/h20-22,24-25,28-29,32-33H,3-19,23,26-27,30H2,1-2H3/q+1. The molecule has 36 heavy (non-hydrogen) atoms. The number of hydrogen-bond donors (Lipinski definition) is 0. The van der Waals surface area contributed by atoms with E-state index in [1.807, 2.05) is 12.4 Å². The number of nitrogens with zero attached hydrogens (tertiary/aromatic N) is 2. The summed E-state index contributed by atoms with van der Waals surface area (Å²) in [6, 6.07) is 11.1. The van der Waals surface area contributed by atoms with Crippen molar-refractivity contribution in [1.82, 2.24) is 0 Å². The van der Waals surface area contributed by atoms with Crippen molar-refractivity contribution in [3.63, 3.8) is 0 Å². The van der Waals surface area contributed by atoms with Crippen molar-refractivity contribution in [3.05, 3.63) is 42.1 Å². The molecule has 1 aliphatic rings. The van der Waals surface area contributed by atoms with Crippen molar-refractivity contribution < 1.29 is 0 Å². The van der Waals surface area contributed by atoms with Crippen molar-refractivity contribution >= 4 is 12.4 Å². The summed E-state index contributed by atoms with van der Waals surface area (Å²) < 4.78 is 0. The predicted molar refractivity (Wildman–Crippen MR) is 161 cm³/mol. The van der Waals surface area contributed by atoms with E-state index in [4.69, 9.17) is 0 Å². The molecule has 202 valence electrons. The summed E-state index contributed by atoms with van der Waals surface area (Å²) >= 11 is 0. The Kier molecular flexibility index (Phi) is 18.3. The molecule has 2 nitrogen and oxygen atoms in total. The molecule has 2 rings (SSSR count). The number of aliphatic imine (C=N–C) groups is 2. The van der Waals surface area contributed by atoms with Gasteiger partial charge in [0.05, 0.1) is 5.92 Å². The molecule has 0 spiro atoms. The molecule has 0 bridgehead atoms. The molecule has 0 saturated heterocycles. The van der Waals surface area contributed by atoms with Gasteiger partial charge in [0, 0.05) is 0 Å². The van der Waals surface area contributed by atoms with Gasteiger partial charge in [0.1, 0.15) is 0 Å². The van der Waals surface area contributed by atoms with Gasteiger partial charge in [-0.05, 0) is 30.7 Å². The predicted octanol–water partition coefficient (Wildman–Crippen LogP) is 10.9. The van der Waals surface area contributed by atoms with Crippen LogP contribution in [0, 0.1) is 18.0 Å². The fourth-order valence-corrected chi connectivity index (χ4v) is 5.76. The molecule has 0 radical (unpaired) electrons. The largest absolute Gasteiger partial charge is 0.244 e. The van der Waals surface area contributed by atoms with E-state index >= 15 is 0 Å². The first-order chi connectivity index (χ1) is 17.8. The van der Waals surface area contributed by atoms with E-state index < -0.39 is 0 Å². The van der Waals surface area contributed by atoms with Gasteiger partial charge in [-0.1, -0.05) is 170 Å². The minimum Gasteiger partial charge on any atom is -0.0965 e. The molecule has 0 aliphatic carbocycles. The second kappa shape index (κ2) is 21.5. The number of benzene rings is 1. The highest BCUT2D eigenvalue weighted by Crippen LogP contribution is 2.36.